The Balaban J connectivity index is 1.51. The third kappa shape index (κ3) is 4.15. The first kappa shape index (κ1) is 19.5. The molecule has 2 amide bonds. The van der Waals surface area contributed by atoms with Crippen molar-refractivity contribution in [2.24, 2.45) is 0 Å². The van der Waals surface area contributed by atoms with Crippen molar-refractivity contribution in [2.75, 3.05) is 36.2 Å². The molecule has 2 aliphatic rings. The van der Waals surface area contributed by atoms with Crippen LogP contribution in [0.3, 0.4) is 0 Å². The van der Waals surface area contributed by atoms with E-state index in [-0.39, 0.29) is 18.4 Å². The molecular formula is C21H23N5O2S. The van der Waals surface area contributed by atoms with Crippen molar-refractivity contribution in [1.29, 1.82) is 5.26 Å². The van der Waals surface area contributed by atoms with Crippen molar-refractivity contribution < 1.29 is 9.59 Å². The molecule has 1 N–H and O–H groups in total. The zero-order valence-electron chi connectivity index (χ0n) is 16.1. The number of nitriles is 1. The van der Waals surface area contributed by atoms with E-state index >= 15 is 0 Å². The van der Waals surface area contributed by atoms with E-state index in [0.29, 0.717) is 17.2 Å². The summed E-state index contributed by atoms with van der Waals surface area (Å²) in [5, 5.41) is 12.6. The maximum atomic E-state index is 12.8. The Morgan fingerprint density at radius 1 is 1.24 bits per heavy atom. The normalized spacial score (nSPS) is 19.2. The molecular weight excluding hydrogens is 386 g/mol. The number of hydrogen-bond donors (Lipinski definition) is 1. The van der Waals surface area contributed by atoms with Gasteiger partial charge in [-0.3, -0.25) is 14.6 Å². The van der Waals surface area contributed by atoms with Crippen LogP contribution in [0, 0.1) is 11.3 Å². The lowest BCUT2D eigenvalue weighted by Crippen LogP contribution is -2.42. The van der Waals surface area contributed by atoms with Crippen LogP contribution in [-0.2, 0) is 4.79 Å². The minimum Gasteiger partial charge on any atom is -0.372 e. The number of hydrogen-bond acceptors (Lipinski definition) is 6. The van der Waals surface area contributed by atoms with Gasteiger partial charge in [-0.25, -0.2) is 0 Å². The van der Waals surface area contributed by atoms with E-state index in [1.54, 1.807) is 24.0 Å². The Morgan fingerprint density at radius 2 is 2.07 bits per heavy atom. The quantitative estimate of drug-likeness (QED) is 0.834. The van der Waals surface area contributed by atoms with E-state index in [4.69, 9.17) is 5.26 Å². The minimum absolute atomic E-state index is 0.118. The van der Waals surface area contributed by atoms with Crippen LogP contribution in [0.25, 0.3) is 10.9 Å². The summed E-state index contributed by atoms with van der Waals surface area (Å²) in [7, 11) is 0. The highest BCUT2D eigenvalue weighted by atomic mass is 32.2. The fraction of sp³-hybridized carbons (Fsp3) is 0.429. The molecule has 0 bridgehead atoms. The van der Waals surface area contributed by atoms with E-state index in [1.165, 1.54) is 24.2 Å². The Hall–Kier alpha value is -2.79. The number of piperidine rings is 1. The maximum absolute atomic E-state index is 12.8. The molecule has 150 valence electrons. The highest BCUT2D eigenvalue weighted by Crippen LogP contribution is 2.26. The van der Waals surface area contributed by atoms with E-state index in [2.05, 4.69) is 27.3 Å². The number of carbonyl (C=O) groups is 2. The summed E-state index contributed by atoms with van der Waals surface area (Å²) in [6.45, 7) is 1.93. The van der Waals surface area contributed by atoms with Gasteiger partial charge < -0.3 is 15.1 Å². The summed E-state index contributed by atoms with van der Waals surface area (Å²) in [6.07, 6.45) is 5.23. The van der Waals surface area contributed by atoms with Crippen molar-refractivity contribution in [3.05, 3.63) is 36.0 Å². The number of amides is 2. The van der Waals surface area contributed by atoms with Crippen LogP contribution in [-0.4, -0.2) is 59.0 Å². The van der Waals surface area contributed by atoms with E-state index < -0.39 is 6.04 Å². The molecule has 2 saturated heterocycles. The van der Waals surface area contributed by atoms with Crippen molar-refractivity contribution in [1.82, 2.24) is 15.2 Å². The minimum atomic E-state index is -0.418. The Bertz CT molecular complexity index is 967. The second-order valence-electron chi connectivity index (χ2n) is 7.30. The lowest BCUT2D eigenvalue weighted by molar-refractivity contribution is -0.129. The van der Waals surface area contributed by atoms with Crippen LogP contribution >= 0.6 is 11.8 Å². The van der Waals surface area contributed by atoms with Crippen LogP contribution in [0.2, 0.25) is 0 Å². The van der Waals surface area contributed by atoms with Gasteiger partial charge >= 0.3 is 0 Å². The Morgan fingerprint density at radius 3 is 2.86 bits per heavy atom. The molecule has 8 heteroatoms. The smallest absolute Gasteiger partial charge is 0.252 e. The number of anilines is 1. The molecule has 2 aliphatic heterocycles. The first-order valence-electron chi connectivity index (χ1n) is 9.86. The van der Waals surface area contributed by atoms with Gasteiger partial charge in [0.15, 0.2) is 0 Å². The fourth-order valence-corrected chi connectivity index (χ4v) is 4.93. The fourth-order valence-electron chi connectivity index (χ4n) is 3.83. The second-order valence-corrected chi connectivity index (χ2v) is 8.30. The van der Waals surface area contributed by atoms with Crippen LogP contribution in [0.15, 0.2) is 30.5 Å². The predicted octanol–water partition coefficient (Wildman–Crippen LogP) is 2.38. The molecule has 0 spiro atoms. The van der Waals surface area contributed by atoms with E-state index in [1.807, 2.05) is 12.1 Å². The van der Waals surface area contributed by atoms with Gasteiger partial charge in [0.05, 0.1) is 29.6 Å². The average Bonchev–Trinajstić information content (AvgIpc) is 3.26. The van der Waals surface area contributed by atoms with Crippen molar-refractivity contribution in [3.63, 3.8) is 0 Å². The van der Waals surface area contributed by atoms with E-state index in [9.17, 15) is 9.59 Å². The summed E-state index contributed by atoms with van der Waals surface area (Å²) < 4.78 is 0. The zero-order valence-corrected chi connectivity index (χ0v) is 17.0. The standard InChI is InChI=1S/C21H23N5O2S/c22-11-16-13-29-14-26(16)20(27)12-24-21(28)17-6-7-23-19-5-4-15(10-18(17)19)25-8-2-1-3-9-25/h4-7,10,16H,1-3,8-9,12-14H2,(H,24,28). The van der Waals surface area contributed by atoms with Crippen LogP contribution in [0.1, 0.15) is 29.6 Å². The van der Waals surface area contributed by atoms with Gasteiger partial charge in [-0.15, -0.1) is 11.8 Å². The summed E-state index contributed by atoms with van der Waals surface area (Å²) >= 11 is 1.55. The lowest BCUT2D eigenvalue weighted by atomic mass is 10.1. The molecule has 1 aromatic carbocycles. The van der Waals surface area contributed by atoms with Gasteiger partial charge in [-0.2, -0.15) is 5.26 Å². The average molecular weight is 410 g/mol. The first-order valence-corrected chi connectivity index (χ1v) is 11.0. The number of pyridine rings is 1. The molecule has 7 nitrogen and oxygen atoms in total. The number of fused-ring (bicyclic) bond motifs is 1. The molecule has 29 heavy (non-hydrogen) atoms. The van der Waals surface area contributed by atoms with Gasteiger partial charge in [-0.05, 0) is 43.5 Å². The van der Waals surface area contributed by atoms with Gasteiger partial charge in [-0.1, -0.05) is 0 Å². The third-order valence-electron chi connectivity index (χ3n) is 5.44. The van der Waals surface area contributed by atoms with Crippen molar-refractivity contribution >= 4 is 40.2 Å². The molecule has 3 heterocycles. The zero-order chi connectivity index (χ0) is 20.2. The van der Waals surface area contributed by atoms with Crippen LogP contribution in [0.4, 0.5) is 5.69 Å². The summed E-state index contributed by atoms with van der Waals surface area (Å²) in [6, 6.07) is 9.42. The highest BCUT2D eigenvalue weighted by molar-refractivity contribution is 7.99. The molecule has 0 saturated carbocycles. The highest BCUT2D eigenvalue weighted by Gasteiger charge is 2.29. The summed E-state index contributed by atoms with van der Waals surface area (Å²) in [4.78, 5) is 33.5. The van der Waals surface area contributed by atoms with Gasteiger partial charge in [0.1, 0.15) is 6.04 Å². The Labute approximate surface area is 174 Å². The van der Waals surface area contributed by atoms with Crippen LogP contribution in [0.5, 0.6) is 0 Å². The number of rotatable bonds is 4. The van der Waals surface area contributed by atoms with Gasteiger partial charge in [0, 0.05) is 36.1 Å². The SMILES string of the molecule is N#CC1CSCN1C(=O)CNC(=O)c1ccnc2ccc(N3CCCCC3)cc12. The molecule has 0 aliphatic carbocycles. The number of nitrogens with one attached hydrogen (secondary N) is 1. The molecule has 1 aromatic heterocycles. The largest absolute Gasteiger partial charge is 0.372 e. The van der Waals surface area contributed by atoms with Gasteiger partial charge in [0.2, 0.25) is 5.91 Å². The third-order valence-corrected chi connectivity index (χ3v) is 6.46. The molecule has 1 unspecified atom stereocenters. The van der Waals surface area contributed by atoms with Gasteiger partial charge in [0.25, 0.3) is 5.91 Å². The molecule has 1 atom stereocenters. The summed E-state index contributed by atoms with van der Waals surface area (Å²) in [5.74, 6) is 0.568. The monoisotopic (exact) mass is 409 g/mol. The maximum Gasteiger partial charge on any atom is 0.252 e. The molecule has 2 fully saturated rings. The number of aromatic nitrogens is 1. The number of nitrogens with zero attached hydrogens (tertiary/aromatic N) is 4. The number of carbonyl (C=O) groups excluding carboxylic acids is 2. The lowest BCUT2D eigenvalue weighted by Gasteiger charge is -2.29. The second kappa shape index (κ2) is 8.70. The topological polar surface area (TPSA) is 89.3 Å². The Kier molecular flexibility index (Phi) is 5.86. The van der Waals surface area contributed by atoms with E-state index in [0.717, 1.165) is 29.7 Å². The number of thioether (sulfide) groups is 1. The molecule has 0 radical (unpaired) electrons. The molecule has 2 aromatic rings. The number of benzene rings is 1. The summed E-state index contributed by atoms with van der Waals surface area (Å²) in [5.41, 5.74) is 2.36. The van der Waals surface area contributed by atoms with Crippen molar-refractivity contribution in [3.8, 4) is 6.07 Å². The predicted molar refractivity (Wildman–Crippen MR) is 114 cm³/mol. The van der Waals surface area contributed by atoms with Crippen LogP contribution < -0.4 is 10.2 Å². The first-order chi connectivity index (χ1) is 14.2. The molecule has 4 rings (SSSR count). The van der Waals surface area contributed by atoms with Crippen molar-refractivity contribution in [2.45, 2.75) is 25.3 Å².